The Hall–Kier alpha value is -3.34. The van der Waals surface area contributed by atoms with Gasteiger partial charge in [0.2, 0.25) is 11.5 Å². The zero-order chi connectivity index (χ0) is 17.4. The molecule has 0 fully saturated rings. The number of nitrogens with one attached hydrogen (secondary N) is 1. The topological polar surface area (TPSA) is 72.3 Å². The largest absolute Gasteiger partial charge is 0.451 e. The van der Waals surface area contributed by atoms with E-state index in [-0.39, 0.29) is 18.2 Å². The van der Waals surface area contributed by atoms with Crippen molar-refractivity contribution in [1.29, 1.82) is 0 Å². The highest BCUT2D eigenvalue weighted by molar-refractivity contribution is 6.08. The number of rotatable bonds is 4. The molecule has 0 saturated heterocycles. The number of fused-ring (bicyclic) bond motifs is 3. The molecule has 5 heteroatoms. The summed E-state index contributed by atoms with van der Waals surface area (Å²) in [7, 11) is 0. The van der Waals surface area contributed by atoms with Gasteiger partial charge in [0.15, 0.2) is 6.61 Å². The third-order valence-corrected chi connectivity index (χ3v) is 4.25. The number of aryl methyl sites for hydroxylation is 1. The van der Waals surface area contributed by atoms with Crippen LogP contribution in [0.5, 0.6) is 0 Å². The quantitative estimate of drug-likeness (QED) is 0.447. The van der Waals surface area contributed by atoms with Crippen molar-refractivity contribution in [2.75, 3.05) is 6.61 Å². The number of hydrogen-bond acceptors (Lipinski definition) is 4. The number of hydrogen-bond donors (Lipinski definition) is 1. The van der Waals surface area contributed by atoms with Crippen LogP contribution in [-0.2, 0) is 4.74 Å². The smallest absolute Gasteiger partial charge is 0.375 e. The lowest BCUT2D eigenvalue weighted by Crippen LogP contribution is -2.14. The van der Waals surface area contributed by atoms with E-state index in [0.29, 0.717) is 16.8 Å². The zero-order valence-electron chi connectivity index (χ0n) is 13.5. The first kappa shape index (κ1) is 15.2. The second-order valence-electron chi connectivity index (χ2n) is 5.80. The molecule has 124 valence electrons. The minimum atomic E-state index is -0.641. The Labute approximate surface area is 143 Å². The van der Waals surface area contributed by atoms with Crippen molar-refractivity contribution in [2.45, 2.75) is 6.92 Å². The van der Waals surface area contributed by atoms with Crippen LogP contribution in [0.15, 0.2) is 59.1 Å². The summed E-state index contributed by atoms with van der Waals surface area (Å²) in [5, 5.41) is 2.83. The normalized spacial score (nSPS) is 11.1. The number of ether oxygens (including phenoxy) is 1. The number of esters is 1. The Balaban J connectivity index is 1.64. The number of H-pyrrole nitrogens is 1. The first-order valence-corrected chi connectivity index (χ1v) is 7.89. The number of aromatic amines is 1. The number of furan rings is 1. The first-order valence-electron chi connectivity index (χ1n) is 7.89. The highest BCUT2D eigenvalue weighted by Crippen LogP contribution is 2.32. The van der Waals surface area contributed by atoms with Crippen LogP contribution in [0.1, 0.15) is 26.6 Å². The molecule has 2 aromatic carbocycles. The summed E-state index contributed by atoms with van der Waals surface area (Å²) in [5.74, 6) is -0.805. The molecule has 0 spiro atoms. The van der Waals surface area contributed by atoms with E-state index in [1.54, 1.807) is 18.3 Å². The highest BCUT2D eigenvalue weighted by Gasteiger charge is 2.21. The molecule has 25 heavy (non-hydrogen) atoms. The summed E-state index contributed by atoms with van der Waals surface area (Å²) in [4.78, 5) is 27.1. The molecule has 0 aliphatic rings. The molecule has 0 bridgehead atoms. The minimum Gasteiger partial charge on any atom is -0.451 e. The van der Waals surface area contributed by atoms with Crippen molar-refractivity contribution >= 4 is 33.5 Å². The van der Waals surface area contributed by atoms with Gasteiger partial charge in [0.05, 0.1) is 5.69 Å². The Morgan fingerprint density at radius 1 is 1.04 bits per heavy atom. The number of carbonyl (C=O) groups is 2. The standard InChI is InChI=1S/C20H15NO4/c1-12-14-9-8-13-5-2-3-6-15(13)19(14)25-18(12)20(23)24-11-17(22)16-7-4-10-21-16/h2-10,21H,11H2,1H3. The van der Waals surface area contributed by atoms with Gasteiger partial charge in [-0.05, 0) is 24.4 Å². The van der Waals surface area contributed by atoms with Crippen molar-refractivity contribution in [3.05, 3.63) is 71.7 Å². The molecule has 4 rings (SSSR count). The van der Waals surface area contributed by atoms with Gasteiger partial charge in [-0.1, -0.05) is 36.4 Å². The third kappa shape index (κ3) is 2.59. The predicted molar refractivity (Wildman–Crippen MR) is 93.9 cm³/mol. The molecule has 1 N–H and O–H groups in total. The first-order chi connectivity index (χ1) is 12.1. The van der Waals surface area contributed by atoms with Gasteiger partial charge < -0.3 is 14.1 Å². The molecular weight excluding hydrogens is 318 g/mol. The summed E-state index contributed by atoms with van der Waals surface area (Å²) in [6, 6.07) is 15.1. The average Bonchev–Trinajstić information content (AvgIpc) is 3.28. The molecule has 0 radical (unpaired) electrons. The van der Waals surface area contributed by atoms with Crippen LogP contribution in [0.25, 0.3) is 21.7 Å². The van der Waals surface area contributed by atoms with E-state index in [4.69, 9.17) is 9.15 Å². The van der Waals surface area contributed by atoms with E-state index in [1.165, 1.54) is 0 Å². The lowest BCUT2D eigenvalue weighted by Gasteiger charge is -2.01. The molecule has 4 aromatic rings. The molecule has 0 aliphatic carbocycles. The SMILES string of the molecule is Cc1c(C(=O)OCC(=O)c2ccc[nH]2)oc2c1ccc1ccccc12. The van der Waals surface area contributed by atoms with Crippen LogP contribution in [0.2, 0.25) is 0 Å². The fourth-order valence-electron chi connectivity index (χ4n) is 2.92. The molecule has 0 unspecified atom stereocenters. The molecule has 0 atom stereocenters. The maximum atomic E-state index is 12.4. The fraction of sp³-hybridized carbons (Fsp3) is 0.100. The van der Waals surface area contributed by atoms with Crippen LogP contribution < -0.4 is 0 Å². The lowest BCUT2D eigenvalue weighted by atomic mass is 10.1. The molecule has 0 aliphatic heterocycles. The Morgan fingerprint density at radius 2 is 1.88 bits per heavy atom. The van der Waals surface area contributed by atoms with Gasteiger partial charge in [0, 0.05) is 22.5 Å². The Morgan fingerprint density at radius 3 is 2.68 bits per heavy atom. The van der Waals surface area contributed by atoms with Crippen molar-refractivity contribution in [3.8, 4) is 0 Å². The number of aromatic nitrogens is 1. The van der Waals surface area contributed by atoms with E-state index < -0.39 is 5.97 Å². The van der Waals surface area contributed by atoms with Gasteiger partial charge in [-0.25, -0.2) is 4.79 Å². The Bertz CT molecular complexity index is 1090. The van der Waals surface area contributed by atoms with E-state index in [9.17, 15) is 9.59 Å². The average molecular weight is 333 g/mol. The highest BCUT2D eigenvalue weighted by atomic mass is 16.5. The van der Waals surface area contributed by atoms with Crippen molar-refractivity contribution < 1.29 is 18.7 Å². The molecule has 2 heterocycles. The van der Waals surface area contributed by atoms with Crippen molar-refractivity contribution in [3.63, 3.8) is 0 Å². The van der Waals surface area contributed by atoms with E-state index in [1.807, 2.05) is 43.3 Å². The maximum absolute atomic E-state index is 12.4. The molecular formula is C20H15NO4. The molecule has 0 amide bonds. The van der Waals surface area contributed by atoms with Crippen LogP contribution in [0.4, 0.5) is 0 Å². The van der Waals surface area contributed by atoms with E-state index >= 15 is 0 Å². The van der Waals surface area contributed by atoms with Gasteiger partial charge in [0.25, 0.3) is 0 Å². The second kappa shape index (κ2) is 5.94. The number of carbonyl (C=O) groups excluding carboxylic acids is 2. The molecule has 5 nitrogen and oxygen atoms in total. The van der Waals surface area contributed by atoms with Crippen LogP contribution >= 0.6 is 0 Å². The number of benzene rings is 2. The fourth-order valence-corrected chi connectivity index (χ4v) is 2.92. The van der Waals surface area contributed by atoms with Crippen molar-refractivity contribution in [1.82, 2.24) is 4.98 Å². The summed E-state index contributed by atoms with van der Waals surface area (Å²) in [5.41, 5.74) is 1.76. The third-order valence-electron chi connectivity index (χ3n) is 4.25. The van der Waals surface area contributed by atoms with Crippen LogP contribution in [-0.4, -0.2) is 23.3 Å². The predicted octanol–water partition coefficient (Wildman–Crippen LogP) is 4.26. The summed E-state index contributed by atoms with van der Waals surface area (Å²) in [6.07, 6.45) is 1.64. The van der Waals surface area contributed by atoms with Gasteiger partial charge in [-0.2, -0.15) is 0 Å². The summed E-state index contributed by atoms with van der Waals surface area (Å²) < 4.78 is 10.9. The monoisotopic (exact) mass is 333 g/mol. The van der Waals surface area contributed by atoms with Gasteiger partial charge in [-0.3, -0.25) is 4.79 Å². The molecule has 2 aromatic heterocycles. The minimum absolute atomic E-state index is 0.130. The summed E-state index contributed by atoms with van der Waals surface area (Å²) >= 11 is 0. The number of ketones is 1. The number of Topliss-reactive ketones (excluding diaryl/α,β-unsaturated/α-hetero) is 1. The van der Waals surface area contributed by atoms with Crippen LogP contribution in [0.3, 0.4) is 0 Å². The van der Waals surface area contributed by atoms with Crippen LogP contribution in [0, 0.1) is 6.92 Å². The summed E-state index contributed by atoms with van der Waals surface area (Å²) in [6.45, 7) is 1.47. The second-order valence-corrected chi connectivity index (χ2v) is 5.80. The van der Waals surface area contributed by atoms with E-state index in [0.717, 1.165) is 16.2 Å². The lowest BCUT2D eigenvalue weighted by molar-refractivity contribution is 0.0444. The zero-order valence-corrected chi connectivity index (χ0v) is 13.5. The maximum Gasteiger partial charge on any atom is 0.375 e. The Kier molecular flexibility index (Phi) is 3.61. The van der Waals surface area contributed by atoms with Gasteiger partial charge >= 0.3 is 5.97 Å². The van der Waals surface area contributed by atoms with Gasteiger partial charge in [0.1, 0.15) is 5.58 Å². The van der Waals surface area contributed by atoms with Crippen molar-refractivity contribution in [2.24, 2.45) is 0 Å². The molecule has 0 saturated carbocycles. The van der Waals surface area contributed by atoms with E-state index in [2.05, 4.69) is 4.98 Å². The van der Waals surface area contributed by atoms with Gasteiger partial charge in [-0.15, -0.1) is 0 Å².